The number of halogens is 1. The fraction of sp³-hybridized carbons (Fsp3) is 0.111. The lowest BCUT2D eigenvalue weighted by molar-refractivity contribution is -0.116. The molecule has 1 aromatic carbocycles. The highest BCUT2D eigenvalue weighted by atomic mass is 19.1. The van der Waals surface area contributed by atoms with E-state index in [0.29, 0.717) is 5.69 Å². The van der Waals surface area contributed by atoms with E-state index < -0.39 is 0 Å². The molecule has 0 spiro atoms. The largest absolute Gasteiger partial charge is 0.385 e. The molecule has 0 aliphatic carbocycles. The lowest BCUT2D eigenvalue weighted by atomic mass is 10.3. The lowest BCUT2D eigenvalue weighted by Gasteiger charge is -2.10. The van der Waals surface area contributed by atoms with Gasteiger partial charge in [0.15, 0.2) is 0 Å². The van der Waals surface area contributed by atoms with E-state index >= 15 is 0 Å². The Morgan fingerprint density at radius 2 is 2.00 bits per heavy atom. The molecule has 0 fully saturated rings. The number of rotatable bonds is 1. The number of carbonyl (C=O) groups is 1. The highest BCUT2D eigenvalue weighted by Crippen LogP contribution is 2.19. The van der Waals surface area contributed by atoms with E-state index in [1.165, 1.54) is 29.3 Å². The summed E-state index contributed by atoms with van der Waals surface area (Å²) < 4.78 is 12.6. The molecule has 0 radical (unpaired) electrons. The number of amides is 1. The Kier molecular flexibility index (Phi) is 1.92. The zero-order valence-corrected chi connectivity index (χ0v) is 7.27. The normalized spacial score (nSPS) is 15.9. The van der Waals surface area contributed by atoms with Crippen molar-refractivity contribution in [2.75, 3.05) is 5.01 Å². The fourth-order valence-corrected chi connectivity index (χ4v) is 1.23. The van der Waals surface area contributed by atoms with Gasteiger partial charge in [0.2, 0.25) is 0 Å². The molecule has 1 aliphatic heterocycles. The third-order valence-electron chi connectivity index (χ3n) is 1.87. The first kappa shape index (κ1) is 8.68. The van der Waals surface area contributed by atoms with Crippen molar-refractivity contribution in [2.45, 2.75) is 6.42 Å². The topological polar surface area (TPSA) is 58.7 Å². The molecule has 2 rings (SSSR count). The van der Waals surface area contributed by atoms with E-state index in [9.17, 15) is 9.18 Å². The van der Waals surface area contributed by atoms with E-state index in [1.807, 2.05) is 0 Å². The summed E-state index contributed by atoms with van der Waals surface area (Å²) in [5, 5.41) is 5.00. The Hall–Kier alpha value is -1.91. The number of hydrogen-bond donors (Lipinski definition) is 1. The summed E-state index contributed by atoms with van der Waals surface area (Å²) in [6.07, 6.45) is 0.122. The molecule has 0 bridgehead atoms. The van der Waals surface area contributed by atoms with Crippen molar-refractivity contribution in [3.8, 4) is 0 Å². The van der Waals surface area contributed by atoms with Crippen LogP contribution in [0.3, 0.4) is 0 Å². The van der Waals surface area contributed by atoms with Crippen molar-refractivity contribution >= 4 is 17.4 Å². The van der Waals surface area contributed by atoms with Gasteiger partial charge in [0.1, 0.15) is 11.7 Å². The van der Waals surface area contributed by atoms with Crippen LogP contribution >= 0.6 is 0 Å². The summed E-state index contributed by atoms with van der Waals surface area (Å²) in [6.45, 7) is 0. The molecule has 4 nitrogen and oxygen atoms in total. The third kappa shape index (κ3) is 1.44. The number of benzene rings is 1. The lowest BCUT2D eigenvalue weighted by Crippen LogP contribution is -2.19. The molecular weight excluding hydrogens is 185 g/mol. The van der Waals surface area contributed by atoms with Crippen molar-refractivity contribution in [2.24, 2.45) is 10.8 Å². The number of hydrogen-bond acceptors (Lipinski definition) is 3. The molecule has 0 saturated heterocycles. The van der Waals surface area contributed by atoms with E-state index in [2.05, 4.69) is 5.10 Å². The molecule has 5 heteroatoms. The van der Waals surface area contributed by atoms with Gasteiger partial charge in [-0.1, -0.05) is 0 Å². The molecule has 1 heterocycles. The molecule has 0 atom stereocenters. The number of anilines is 1. The second-order valence-corrected chi connectivity index (χ2v) is 2.95. The Morgan fingerprint density at radius 1 is 1.36 bits per heavy atom. The van der Waals surface area contributed by atoms with Gasteiger partial charge in [-0.15, -0.1) is 0 Å². The number of amidine groups is 1. The van der Waals surface area contributed by atoms with Crippen LogP contribution in [0, 0.1) is 5.82 Å². The maximum atomic E-state index is 12.6. The van der Waals surface area contributed by atoms with Crippen LogP contribution < -0.4 is 10.7 Å². The van der Waals surface area contributed by atoms with Crippen LogP contribution in [0.25, 0.3) is 0 Å². The molecule has 1 aromatic rings. The fourth-order valence-electron chi connectivity index (χ4n) is 1.23. The van der Waals surface area contributed by atoms with Gasteiger partial charge in [-0.05, 0) is 24.3 Å². The maximum absolute atomic E-state index is 12.6. The predicted octanol–water partition coefficient (Wildman–Crippen LogP) is 0.835. The average molecular weight is 193 g/mol. The molecule has 0 aromatic heterocycles. The summed E-state index contributed by atoms with van der Waals surface area (Å²) >= 11 is 0. The number of carbonyl (C=O) groups excluding carboxylic acids is 1. The molecule has 72 valence electrons. The van der Waals surface area contributed by atoms with Gasteiger partial charge in [-0.3, -0.25) is 4.79 Å². The van der Waals surface area contributed by atoms with Crippen molar-refractivity contribution in [1.82, 2.24) is 0 Å². The van der Waals surface area contributed by atoms with Gasteiger partial charge in [0, 0.05) is 0 Å². The highest BCUT2D eigenvalue weighted by molar-refractivity contribution is 6.11. The van der Waals surface area contributed by atoms with Gasteiger partial charge < -0.3 is 5.73 Å². The first-order valence-electron chi connectivity index (χ1n) is 4.08. The van der Waals surface area contributed by atoms with Crippen LogP contribution in [0.4, 0.5) is 10.1 Å². The summed E-state index contributed by atoms with van der Waals surface area (Å²) in [5.41, 5.74) is 5.92. The zero-order chi connectivity index (χ0) is 10.1. The van der Waals surface area contributed by atoms with E-state index in [4.69, 9.17) is 5.73 Å². The zero-order valence-electron chi connectivity index (χ0n) is 7.27. The van der Waals surface area contributed by atoms with Crippen LogP contribution in [0.5, 0.6) is 0 Å². The Labute approximate surface area is 79.8 Å². The van der Waals surface area contributed by atoms with E-state index in [0.717, 1.165) is 0 Å². The Morgan fingerprint density at radius 3 is 2.50 bits per heavy atom. The predicted molar refractivity (Wildman–Crippen MR) is 50.1 cm³/mol. The van der Waals surface area contributed by atoms with Crippen molar-refractivity contribution < 1.29 is 9.18 Å². The third-order valence-corrected chi connectivity index (χ3v) is 1.87. The molecule has 2 N–H and O–H groups in total. The Bertz CT molecular complexity index is 399. The minimum Gasteiger partial charge on any atom is -0.385 e. The molecular formula is C9H8FN3O. The summed E-state index contributed by atoms with van der Waals surface area (Å²) in [7, 11) is 0. The van der Waals surface area contributed by atoms with E-state index in [-0.39, 0.29) is 24.0 Å². The molecule has 0 saturated carbocycles. The van der Waals surface area contributed by atoms with Crippen molar-refractivity contribution in [3.63, 3.8) is 0 Å². The molecule has 0 unspecified atom stereocenters. The first-order chi connectivity index (χ1) is 6.66. The molecule has 14 heavy (non-hydrogen) atoms. The Balaban J connectivity index is 2.32. The van der Waals surface area contributed by atoms with Gasteiger partial charge >= 0.3 is 0 Å². The second-order valence-electron chi connectivity index (χ2n) is 2.95. The van der Waals surface area contributed by atoms with Crippen LogP contribution in [-0.4, -0.2) is 11.7 Å². The van der Waals surface area contributed by atoms with Gasteiger partial charge in [-0.2, -0.15) is 10.1 Å². The van der Waals surface area contributed by atoms with Crippen LogP contribution in [-0.2, 0) is 4.79 Å². The molecule has 1 aliphatic rings. The van der Waals surface area contributed by atoms with E-state index in [1.54, 1.807) is 0 Å². The number of nitrogens with two attached hydrogens (primary N) is 1. The van der Waals surface area contributed by atoms with Crippen LogP contribution in [0.1, 0.15) is 6.42 Å². The number of nitrogens with zero attached hydrogens (tertiary/aromatic N) is 2. The first-order valence-corrected chi connectivity index (χ1v) is 4.08. The SMILES string of the molecule is NC1=NN(c2ccc(F)cc2)C(=O)C1. The van der Waals surface area contributed by atoms with Crippen LogP contribution in [0.2, 0.25) is 0 Å². The van der Waals surface area contributed by atoms with Gasteiger partial charge in [-0.25, -0.2) is 4.39 Å². The standard InChI is InChI=1S/C9H8FN3O/c10-6-1-3-7(4-2-6)13-9(14)5-8(11)12-13/h1-4H,5H2,(H2,11,12). The monoisotopic (exact) mass is 193 g/mol. The number of hydrazone groups is 1. The smallest absolute Gasteiger partial charge is 0.255 e. The van der Waals surface area contributed by atoms with Gasteiger partial charge in [0.05, 0.1) is 12.1 Å². The maximum Gasteiger partial charge on any atom is 0.255 e. The minimum absolute atomic E-state index is 0.122. The summed E-state index contributed by atoms with van der Waals surface area (Å²) in [6, 6.07) is 5.50. The van der Waals surface area contributed by atoms with Gasteiger partial charge in [0.25, 0.3) is 5.91 Å². The minimum atomic E-state index is -0.350. The quantitative estimate of drug-likeness (QED) is 0.718. The van der Waals surface area contributed by atoms with Crippen LogP contribution in [0.15, 0.2) is 29.4 Å². The van der Waals surface area contributed by atoms with Crippen molar-refractivity contribution in [3.05, 3.63) is 30.1 Å². The summed E-state index contributed by atoms with van der Waals surface area (Å²) in [5.74, 6) is -0.272. The average Bonchev–Trinajstić information content (AvgIpc) is 2.47. The molecule has 1 amide bonds. The summed E-state index contributed by atoms with van der Waals surface area (Å²) in [4.78, 5) is 11.3. The second kappa shape index (κ2) is 3.10. The highest BCUT2D eigenvalue weighted by Gasteiger charge is 2.23. The van der Waals surface area contributed by atoms with Crippen molar-refractivity contribution in [1.29, 1.82) is 0 Å².